The SMILES string of the molecule is C=C(O[C@@H]1OC(C)[C@H](OC(=O)c2ccccc2)C(OC(=O)c2ccccc2)[C@@H]1OC(=O)c1ccccc1)C(Cl)(Cl)Cl. The van der Waals surface area contributed by atoms with Crippen LogP contribution in [0, 0.1) is 0 Å². The lowest BCUT2D eigenvalue weighted by Crippen LogP contribution is -2.61. The highest BCUT2D eigenvalue weighted by atomic mass is 35.6. The Labute approximate surface area is 251 Å². The zero-order valence-electron chi connectivity index (χ0n) is 21.7. The number of hydrogen-bond acceptors (Lipinski definition) is 8. The summed E-state index contributed by atoms with van der Waals surface area (Å²) in [6.07, 6.45) is -6.58. The standard InChI is InChI=1S/C30H25Cl3O8/c1-18-23(39-26(34)20-12-6-3-7-13-20)24(40-27(35)21-14-8-4-9-15-21)25(29(37-18)38-19(2)30(31,32)33)41-28(36)22-16-10-5-11-17-22/h3-18,23-25,29H,2H2,1H3/t18?,23-,24?,25-,29-/m0/s1. The molecule has 214 valence electrons. The Morgan fingerprint density at radius 3 is 1.39 bits per heavy atom. The maximum atomic E-state index is 13.2. The third-order valence-electron chi connectivity index (χ3n) is 6.06. The maximum absolute atomic E-state index is 13.2. The molecular formula is C30H25Cl3O8. The second-order valence-corrected chi connectivity index (χ2v) is 11.2. The lowest BCUT2D eigenvalue weighted by Gasteiger charge is -2.44. The van der Waals surface area contributed by atoms with E-state index in [2.05, 4.69) is 6.58 Å². The number of hydrogen-bond donors (Lipinski definition) is 0. The van der Waals surface area contributed by atoms with Gasteiger partial charge in [0.1, 0.15) is 5.76 Å². The number of rotatable bonds is 8. The van der Waals surface area contributed by atoms with Crippen molar-refractivity contribution >= 4 is 52.7 Å². The molecule has 0 spiro atoms. The normalized spacial score (nSPS) is 22.2. The van der Waals surface area contributed by atoms with Crippen LogP contribution in [0.4, 0.5) is 0 Å². The molecule has 2 unspecified atom stereocenters. The van der Waals surface area contributed by atoms with Crippen molar-refractivity contribution in [3.05, 3.63) is 120 Å². The molecule has 1 fully saturated rings. The Morgan fingerprint density at radius 1 is 0.634 bits per heavy atom. The predicted octanol–water partition coefficient (Wildman–Crippen LogP) is 6.31. The van der Waals surface area contributed by atoms with E-state index in [0.717, 1.165) is 0 Å². The summed E-state index contributed by atoms with van der Waals surface area (Å²) in [5, 5.41) is 0. The number of benzene rings is 3. The minimum Gasteiger partial charge on any atom is -0.461 e. The van der Waals surface area contributed by atoms with Gasteiger partial charge in [0.2, 0.25) is 16.2 Å². The van der Waals surface area contributed by atoms with Crippen LogP contribution in [0.1, 0.15) is 38.0 Å². The molecule has 5 atom stereocenters. The largest absolute Gasteiger partial charge is 0.461 e. The third kappa shape index (κ3) is 7.80. The summed E-state index contributed by atoms with van der Waals surface area (Å²) < 4.78 is 27.1. The molecular weight excluding hydrogens is 595 g/mol. The van der Waals surface area contributed by atoms with Crippen LogP contribution >= 0.6 is 34.8 Å². The molecule has 3 aromatic rings. The first-order valence-corrected chi connectivity index (χ1v) is 13.5. The summed E-state index contributed by atoms with van der Waals surface area (Å²) in [5.41, 5.74) is 0.640. The van der Waals surface area contributed by atoms with E-state index >= 15 is 0 Å². The molecule has 0 saturated carbocycles. The van der Waals surface area contributed by atoms with Crippen LogP contribution in [0.3, 0.4) is 0 Å². The van der Waals surface area contributed by atoms with Gasteiger partial charge in [-0.15, -0.1) is 0 Å². The Hall–Kier alpha value is -3.56. The number of alkyl halides is 3. The summed E-state index contributed by atoms with van der Waals surface area (Å²) in [6, 6.07) is 24.4. The van der Waals surface area contributed by atoms with E-state index in [4.69, 9.17) is 58.5 Å². The monoisotopic (exact) mass is 618 g/mol. The van der Waals surface area contributed by atoms with Crippen LogP contribution < -0.4 is 0 Å². The molecule has 1 aliphatic rings. The highest BCUT2D eigenvalue weighted by Crippen LogP contribution is 2.38. The van der Waals surface area contributed by atoms with Gasteiger partial charge in [-0.2, -0.15) is 0 Å². The predicted molar refractivity (Wildman–Crippen MR) is 152 cm³/mol. The number of esters is 3. The van der Waals surface area contributed by atoms with Crippen LogP contribution in [-0.4, -0.2) is 52.4 Å². The molecule has 0 amide bonds. The first-order valence-electron chi connectivity index (χ1n) is 12.4. The number of carbonyl (C=O) groups excluding carboxylic acids is 3. The molecule has 3 aromatic carbocycles. The van der Waals surface area contributed by atoms with E-state index in [0.29, 0.717) is 0 Å². The van der Waals surface area contributed by atoms with Crippen LogP contribution in [0.15, 0.2) is 103 Å². The first kappa shape index (κ1) is 30.4. The van der Waals surface area contributed by atoms with Crippen LogP contribution in [0.5, 0.6) is 0 Å². The van der Waals surface area contributed by atoms with Crippen molar-refractivity contribution in [3.63, 3.8) is 0 Å². The van der Waals surface area contributed by atoms with Crippen LogP contribution in [-0.2, 0) is 23.7 Å². The van der Waals surface area contributed by atoms with Gasteiger partial charge in [-0.3, -0.25) is 0 Å². The van der Waals surface area contributed by atoms with E-state index in [1.807, 2.05) is 0 Å². The summed E-state index contributed by atoms with van der Waals surface area (Å²) in [4.78, 5) is 39.5. The van der Waals surface area contributed by atoms with Gasteiger partial charge in [0.15, 0.2) is 12.2 Å². The lowest BCUT2D eigenvalue weighted by atomic mass is 9.98. The fraction of sp³-hybridized carbons (Fsp3) is 0.233. The average Bonchev–Trinajstić information content (AvgIpc) is 2.97. The number of ether oxygens (including phenoxy) is 5. The molecule has 4 rings (SSSR count). The first-order chi connectivity index (χ1) is 19.5. The molecule has 1 saturated heterocycles. The summed E-state index contributed by atoms with van der Waals surface area (Å²) in [7, 11) is 0. The second kappa shape index (κ2) is 13.4. The Balaban J connectivity index is 1.73. The van der Waals surface area contributed by atoms with Crippen molar-refractivity contribution in [1.29, 1.82) is 0 Å². The highest BCUT2D eigenvalue weighted by Gasteiger charge is 2.53. The van der Waals surface area contributed by atoms with Gasteiger partial charge >= 0.3 is 17.9 Å². The Kier molecular flexibility index (Phi) is 9.94. The van der Waals surface area contributed by atoms with Gasteiger partial charge in [0.05, 0.1) is 22.8 Å². The van der Waals surface area contributed by atoms with Gasteiger partial charge in [-0.25, -0.2) is 14.4 Å². The molecule has 0 aliphatic carbocycles. The van der Waals surface area contributed by atoms with Crippen molar-refractivity contribution in [1.82, 2.24) is 0 Å². The van der Waals surface area contributed by atoms with Crippen LogP contribution in [0.2, 0.25) is 0 Å². The summed E-state index contributed by atoms with van der Waals surface area (Å²) in [5.74, 6) is -2.63. The minimum atomic E-state index is -2.06. The van der Waals surface area contributed by atoms with E-state index < -0.39 is 52.4 Å². The number of allylic oxidation sites excluding steroid dienone is 1. The van der Waals surface area contributed by atoms with Crippen LogP contribution in [0.25, 0.3) is 0 Å². The summed E-state index contributed by atoms with van der Waals surface area (Å²) >= 11 is 17.8. The molecule has 41 heavy (non-hydrogen) atoms. The van der Waals surface area contributed by atoms with Crippen molar-refractivity contribution < 1.29 is 38.1 Å². The highest BCUT2D eigenvalue weighted by molar-refractivity contribution is 6.69. The zero-order valence-corrected chi connectivity index (χ0v) is 23.9. The quantitative estimate of drug-likeness (QED) is 0.125. The molecule has 0 radical (unpaired) electrons. The molecule has 1 aliphatic heterocycles. The zero-order chi connectivity index (χ0) is 29.6. The van der Waals surface area contributed by atoms with E-state index in [-0.39, 0.29) is 22.4 Å². The molecule has 0 bridgehead atoms. The minimum absolute atomic E-state index is 0.191. The maximum Gasteiger partial charge on any atom is 0.338 e. The van der Waals surface area contributed by atoms with Crippen molar-refractivity contribution in [3.8, 4) is 0 Å². The van der Waals surface area contributed by atoms with Gasteiger partial charge in [0, 0.05) is 0 Å². The lowest BCUT2D eigenvalue weighted by molar-refractivity contribution is -0.280. The topological polar surface area (TPSA) is 97.4 Å². The van der Waals surface area contributed by atoms with Crippen molar-refractivity contribution in [2.45, 2.75) is 41.4 Å². The van der Waals surface area contributed by atoms with E-state index in [9.17, 15) is 14.4 Å². The number of carbonyl (C=O) groups is 3. The second-order valence-electron chi connectivity index (χ2n) is 8.96. The molecule has 1 heterocycles. The number of halogens is 3. The summed E-state index contributed by atoms with van der Waals surface area (Å²) in [6.45, 7) is 5.19. The third-order valence-corrected chi connectivity index (χ3v) is 6.69. The molecule has 0 aromatic heterocycles. The fourth-order valence-electron chi connectivity index (χ4n) is 3.99. The van der Waals surface area contributed by atoms with Gasteiger partial charge in [-0.05, 0) is 43.3 Å². The van der Waals surface area contributed by atoms with Crippen molar-refractivity contribution in [2.75, 3.05) is 0 Å². The van der Waals surface area contributed by atoms with E-state index in [1.54, 1.807) is 85.8 Å². The van der Waals surface area contributed by atoms with Gasteiger partial charge < -0.3 is 23.7 Å². The molecule has 8 nitrogen and oxygen atoms in total. The van der Waals surface area contributed by atoms with Gasteiger partial charge in [0.25, 0.3) is 0 Å². The molecule has 11 heteroatoms. The Bertz CT molecular complexity index is 1360. The Morgan fingerprint density at radius 2 is 1.00 bits per heavy atom. The average molecular weight is 620 g/mol. The van der Waals surface area contributed by atoms with Gasteiger partial charge in [-0.1, -0.05) is 96.0 Å². The molecule has 0 N–H and O–H groups in total. The van der Waals surface area contributed by atoms with E-state index in [1.165, 1.54) is 12.1 Å². The van der Waals surface area contributed by atoms with Crippen molar-refractivity contribution in [2.24, 2.45) is 0 Å². The fourth-order valence-corrected chi connectivity index (χ4v) is 4.13. The smallest absolute Gasteiger partial charge is 0.338 e.